The molecule has 2 aromatic heterocycles. The summed E-state index contributed by atoms with van der Waals surface area (Å²) in [6, 6.07) is 13.8. The summed E-state index contributed by atoms with van der Waals surface area (Å²) in [5.41, 5.74) is 3.11. The minimum Gasteiger partial charge on any atom is -0.497 e. The normalized spacial score (nSPS) is 11.1. The van der Waals surface area contributed by atoms with Gasteiger partial charge in [-0.05, 0) is 36.2 Å². The van der Waals surface area contributed by atoms with E-state index in [0.717, 1.165) is 27.0 Å². The Morgan fingerprint density at radius 2 is 2.16 bits per heavy atom. The number of ether oxygens (including phenoxy) is 1. The van der Waals surface area contributed by atoms with Crippen molar-refractivity contribution in [1.29, 1.82) is 0 Å². The minimum absolute atomic E-state index is 0.0312. The first kappa shape index (κ1) is 15.7. The number of rotatable bonds is 5. The van der Waals surface area contributed by atoms with E-state index in [1.54, 1.807) is 7.11 Å². The number of aromatic nitrogens is 2. The first-order valence-corrected chi connectivity index (χ1v) is 8.84. The maximum absolute atomic E-state index is 12.3. The van der Waals surface area contributed by atoms with Crippen molar-refractivity contribution in [3.8, 4) is 5.75 Å². The van der Waals surface area contributed by atoms with E-state index in [-0.39, 0.29) is 5.91 Å². The number of para-hydroxylation sites is 1. The van der Waals surface area contributed by atoms with Crippen LogP contribution >= 0.6 is 11.3 Å². The third kappa shape index (κ3) is 3.21. The number of carbonyl (C=O) groups is 1. The molecule has 0 unspecified atom stereocenters. The Bertz CT molecular complexity index is 1050. The SMILES string of the molecule is COc1ccc2nc(NC(=O)CCc3c[nH]c4ccccc34)sc2c1. The van der Waals surface area contributed by atoms with E-state index in [1.807, 2.05) is 42.6 Å². The number of H-pyrrole nitrogens is 1. The molecule has 0 spiro atoms. The molecule has 0 aliphatic rings. The summed E-state index contributed by atoms with van der Waals surface area (Å²) in [6.45, 7) is 0. The van der Waals surface area contributed by atoms with Crippen molar-refractivity contribution in [3.05, 3.63) is 54.2 Å². The number of nitrogens with one attached hydrogen (secondary N) is 2. The molecule has 5 nitrogen and oxygen atoms in total. The molecule has 0 saturated heterocycles. The van der Waals surface area contributed by atoms with Crippen LogP contribution in [-0.4, -0.2) is 23.0 Å². The van der Waals surface area contributed by atoms with E-state index in [1.165, 1.54) is 16.7 Å². The van der Waals surface area contributed by atoms with Gasteiger partial charge in [0, 0.05) is 23.5 Å². The molecule has 1 amide bonds. The molecule has 0 aliphatic heterocycles. The zero-order valence-corrected chi connectivity index (χ0v) is 14.5. The molecule has 2 N–H and O–H groups in total. The molecule has 25 heavy (non-hydrogen) atoms. The molecule has 0 bridgehead atoms. The van der Waals surface area contributed by atoms with Crippen LogP contribution in [0.5, 0.6) is 5.75 Å². The Balaban J connectivity index is 1.43. The van der Waals surface area contributed by atoms with Gasteiger partial charge in [-0.3, -0.25) is 4.79 Å². The van der Waals surface area contributed by atoms with Gasteiger partial charge in [-0.25, -0.2) is 4.98 Å². The van der Waals surface area contributed by atoms with Gasteiger partial charge in [0.25, 0.3) is 0 Å². The van der Waals surface area contributed by atoms with Gasteiger partial charge in [0.05, 0.1) is 17.3 Å². The van der Waals surface area contributed by atoms with Crippen molar-refractivity contribution in [1.82, 2.24) is 9.97 Å². The number of aryl methyl sites for hydroxylation is 1. The third-order valence-electron chi connectivity index (χ3n) is 4.14. The number of fused-ring (bicyclic) bond motifs is 2. The first-order valence-electron chi connectivity index (χ1n) is 8.02. The van der Waals surface area contributed by atoms with Crippen molar-refractivity contribution in [3.63, 3.8) is 0 Å². The summed E-state index contributed by atoms with van der Waals surface area (Å²) in [5.74, 6) is 0.754. The first-order chi connectivity index (χ1) is 12.2. The molecule has 0 radical (unpaired) electrons. The summed E-state index contributed by atoms with van der Waals surface area (Å²) in [7, 11) is 1.63. The van der Waals surface area contributed by atoms with E-state index in [9.17, 15) is 4.79 Å². The van der Waals surface area contributed by atoms with Gasteiger partial charge in [-0.15, -0.1) is 0 Å². The number of nitrogens with zero attached hydrogens (tertiary/aromatic N) is 1. The fourth-order valence-electron chi connectivity index (χ4n) is 2.85. The number of anilines is 1. The van der Waals surface area contributed by atoms with Crippen molar-refractivity contribution < 1.29 is 9.53 Å². The monoisotopic (exact) mass is 351 g/mol. The summed E-state index contributed by atoms with van der Waals surface area (Å²) in [5, 5.41) is 4.68. The predicted molar refractivity (Wildman–Crippen MR) is 101 cm³/mol. The lowest BCUT2D eigenvalue weighted by molar-refractivity contribution is -0.116. The van der Waals surface area contributed by atoms with Crippen LogP contribution in [-0.2, 0) is 11.2 Å². The topological polar surface area (TPSA) is 67.0 Å². The Hall–Kier alpha value is -2.86. The van der Waals surface area contributed by atoms with E-state index < -0.39 is 0 Å². The summed E-state index contributed by atoms with van der Waals surface area (Å²) < 4.78 is 6.21. The highest BCUT2D eigenvalue weighted by atomic mass is 32.1. The largest absolute Gasteiger partial charge is 0.497 e. The van der Waals surface area contributed by atoms with Gasteiger partial charge in [0.2, 0.25) is 5.91 Å². The van der Waals surface area contributed by atoms with E-state index in [2.05, 4.69) is 21.4 Å². The number of benzene rings is 2. The zero-order chi connectivity index (χ0) is 17.2. The van der Waals surface area contributed by atoms with Gasteiger partial charge in [-0.2, -0.15) is 0 Å². The number of hydrogen-bond donors (Lipinski definition) is 2. The molecule has 4 rings (SSSR count). The summed E-state index contributed by atoms with van der Waals surface area (Å²) in [6.07, 6.45) is 3.08. The second-order valence-corrected chi connectivity index (χ2v) is 6.79. The Labute approximate surface area is 148 Å². The molecule has 0 atom stereocenters. The highest BCUT2D eigenvalue weighted by Gasteiger charge is 2.10. The van der Waals surface area contributed by atoms with Crippen molar-refractivity contribution >= 4 is 43.5 Å². The van der Waals surface area contributed by atoms with Crippen LogP contribution < -0.4 is 10.1 Å². The van der Waals surface area contributed by atoms with E-state index in [0.29, 0.717) is 18.0 Å². The van der Waals surface area contributed by atoms with Gasteiger partial charge >= 0.3 is 0 Å². The number of methoxy groups -OCH3 is 1. The lowest BCUT2D eigenvalue weighted by Crippen LogP contribution is -2.11. The Morgan fingerprint density at radius 1 is 1.28 bits per heavy atom. The van der Waals surface area contributed by atoms with E-state index >= 15 is 0 Å². The van der Waals surface area contributed by atoms with Crippen LogP contribution in [0.2, 0.25) is 0 Å². The average molecular weight is 351 g/mol. The fraction of sp³-hybridized carbons (Fsp3) is 0.158. The number of carbonyl (C=O) groups excluding carboxylic acids is 1. The molecule has 6 heteroatoms. The molecule has 2 aromatic carbocycles. The molecule has 4 aromatic rings. The van der Waals surface area contributed by atoms with Crippen LogP contribution in [0.3, 0.4) is 0 Å². The number of amides is 1. The minimum atomic E-state index is -0.0312. The van der Waals surface area contributed by atoms with Crippen LogP contribution in [0.1, 0.15) is 12.0 Å². The van der Waals surface area contributed by atoms with Crippen molar-refractivity contribution in [2.45, 2.75) is 12.8 Å². The molecule has 2 heterocycles. The summed E-state index contributed by atoms with van der Waals surface area (Å²) >= 11 is 1.45. The Kier molecular flexibility index (Phi) is 4.11. The highest BCUT2D eigenvalue weighted by Crippen LogP contribution is 2.29. The Morgan fingerprint density at radius 3 is 3.04 bits per heavy atom. The van der Waals surface area contributed by atoms with Crippen LogP contribution in [0.15, 0.2) is 48.7 Å². The van der Waals surface area contributed by atoms with Gasteiger partial charge in [0.15, 0.2) is 5.13 Å². The van der Waals surface area contributed by atoms with E-state index in [4.69, 9.17) is 4.74 Å². The summed E-state index contributed by atoms with van der Waals surface area (Å²) in [4.78, 5) is 19.9. The standard InChI is InChI=1S/C19H17N3O2S/c1-24-13-7-8-16-17(10-13)25-19(21-16)22-18(23)9-6-12-11-20-15-5-3-2-4-14(12)15/h2-5,7-8,10-11,20H,6,9H2,1H3,(H,21,22,23). The predicted octanol–water partition coefficient (Wildman–Crippen LogP) is 4.36. The lowest BCUT2D eigenvalue weighted by atomic mass is 10.1. The molecule has 0 fully saturated rings. The van der Waals surface area contributed by atoms with Crippen LogP contribution in [0, 0.1) is 0 Å². The number of hydrogen-bond acceptors (Lipinski definition) is 4. The quantitative estimate of drug-likeness (QED) is 0.561. The number of aromatic amines is 1. The molecule has 0 saturated carbocycles. The second-order valence-electron chi connectivity index (χ2n) is 5.76. The van der Waals surface area contributed by atoms with Gasteiger partial charge in [0.1, 0.15) is 5.75 Å². The second kappa shape index (κ2) is 6.57. The van der Waals surface area contributed by atoms with Crippen molar-refractivity contribution in [2.24, 2.45) is 0 Å². The van der Waals surface area contributed by atoms with Gasteiger partial charge in [-0.1, -0.05) is 29.5 Å². The lowest BCUT2D eigenvalue weighted by Gasteiger charge is -2.01. The molecule has 0 aliphatic carbocycles. The molecular weight excluding hydrogens is 334 g/mol. The maximum atomic E-state index is 12.3. The molecular formula is C19H17N3O2S. The highest BCUT2D eigenvalue weighted by molar-refractivity contribution is 7.22. The molecule has 126 valence electrons. The fourth-order valence-corrected chi connectivity index (χ4v) is 3.76. The maximum Gasteiger partial charge on any atom is 0.226 e. The zero-order valence-electron chi connectivity index (χ0n) is 13.7. The van der Waals surface area contributed by atoms with Crippen LogP contribution in [0.25, 0.3) is 21.1 Å². The smallest absolute Gasteiger partial charge is 0.226 e. The van der Waals surface area contributed by atoms with Gasteiger partial charge < -0.3 is 15.0 Å². The van der Waals surface area contributed by atoms with Crippen LogP contribution in [0.4, 0.5) is 5.13 Å². The number of thiazole rings is 1. The van der Waals surface area contributed by atoms with Crippen molar-refractivity contribution in [2.75, 3.05) is 12.4 Å². The average Bonchev–Trinajstić information content (AvgIpc) is 3.22. The third-order valence-corrected chi connectivity index (χ3v) is 5.07.